The van der Waals surface area contributed by atoms with Crippen molar-refractivity contribution in [2.24, 2.45) is 0 Å². The number of benzene rings is 6. The van der Waals surface area contributed by atoms with Crippen molar-refractivity contribution in [2.75, 3.05) is 0 Å². The van der Waals surface area contributed by atoms with Crippen LogP contribution in [0.3, 0.4) is 0 Å². The molecule has 0 aliphatic rings. The summed E-state index contributed by atoms with van der Waals surface area (Å²) < 4.78 is 0. The lowest BCUT2D eigenvalue weighted by atomic mass is 9.97. The van der Waals surface area contributed by atoms with E-state index < -0.39 is 0 Å². The largest absolute Gasteiger partial charge is 0.253 e. The molecular formula is C43H27N5. The quantitative estimate of drug-likeness (QED) is 0.143. The molecule has 0 saturated carbocycles. The second-order valence-corrected chi connectivity index (χ2v) is 11.8. The van der Waals surface area contributed by atoms with Crippen LogP contribution in [0.15, 0.2) is 164 Å². The number of rotatable bonds is 5. The number of hydrogen-bond donors (Lipinski definition) is 0. The molecule has 0 fully saturated rings. The molecule has 6 aromatic carbocycles. The third-order valence-electron chi connectivity index (χ3n) is 8.69. The van der Waals surface area contributed by atoms with Crippen molar-refractivity contribution in [3.8, 4) is 56.4 Å². The highest BCUT2D eigenvalue weighted by Crippen LogP contribution is 2.33. The van der Waals surface area contributed by atoms with Gasteiger partial charge in [0.2, 0.25) is 0 Å². The summed E-state index contributed by atoms with van der Waals surface area (Å²) in [6.45, 7) is 0. The molecule has 0 saturated heterocycles. The standard InChI is InChI=1S/C43H27N5/c1-3-11-28(12-4-1)41-46-42(29-13-5-2-6-14-29)48-43(47-41)36-19-10-17-31(24-36)30-16-9-18-32(23-30)37-26-34-21-22-35-25-33-15-7-8-20-38(33)45-40(35)39(34)44-27-37/h1-27H. The second-order valence-electron chi connectivity index (χ2n) is 11.8. The number of fused-ring (bicyclic) bond motifs is 4. The van der Waals surface area contributed by atoms with Crippen molar-refractivity contribution in [1.82, 2.24) is 24.9 Å². The van der Waals surface area contributed by atoms with Gasteiger partial charge in [0.15, 0.2) is 17.5 Å². The first-order valence-electron chi connectivity index (χ1n) is 15.9. The smallest absolute Gasteiger partial charge is 0.164 e. The van der Waals surface area contributed by atoms with E-state index in [-0.39, 0.29) is 0 Å². The predicted molar refractivity (Wildman–Crippen MR) is 195 cm³/mol. The van der Waals surface area contributed by atoms with Crippen LogP contribution in [0.4, 0.5) is 0 Å². The van der Waals surface area contributed by atoms with Crippen LogP contribution in [0.5, 0.6) is 0 Å². The molecule has 5 nitrogen and oxygen atoms in total. The number of para-hydroxylation sites is 1. The third-order valence-corrected chi connectivity index (χ3v) is 8.69. The van der Waals surface area contributed by atoms with Crippen LogP contribution in [0.25, 0.3) is 89.1 Å². The molecule has 224 valence electrons. The summed E-state index contributed by atoms with van der Waals surface area (Å²) in [6.07, 6.45) is 1.95. The Hall–Kier alpha value is -6.59. The van der Waals surface area contributed by atoms with Gasteiger partial charge in [0.25, 0.3) is 0 Å². The number of pyridine rings is 2. The summed E-state index contributed by atoms with van der Waals surface area (Å²) in [5.41, 5.74) is 9.95. The zero-order valence-corrected chi connectivity index (χ0v) is 25.8. The van der Waals surface area contributed by atoms with E-state index in [2.05, 4.69) is 78.9 Å². The normalized spacial score (nSPS) is 11.3. The Balaban J connectivity index is 1.10. The highest BCUT2D eigenvalue weighted by molar-refractivity contribution is 6.07. The first-order chi connectivity index (χ1) is 23.7. The molecule has 9 aromatic rings. The summed E-state index contributed by atoms with van der Waals surface area (Å²) >= 11 is 0. The fraction of sp³-hybridized carbons (Fsp3) is 0. The SMILES string of the molecule is c1ccc(-c2nc(-c3ccccc3)nc(-c3cccc(-c4cccc(-c5cnc6c(ccc7cc8ccccc8nc76)c5)c4)c3)n2)cc1. The fourth-order valence-electron chi connectivity index (χ4n) is 6.25. The molecule has 0 bridgehead atoms. The lowest BCUT2D eigenvalue weighted by Crippen LogP contribution is -2.00. The van der Waals surface area contributed by atoms with Crippen molar-refractivity contribution in [2.45, 2.75) is 0 Å². The van der Waals surface area contributed by atoms with E-state index in [1.54, 1.807) is 0 Å². The lowest BCUT2D eigenvalue weighted by molar-refractivity contribution is 1.07. The minimum Gasteiger partial charge on any atom is -0.253 e. The molecule has 3 aromatic heterocycles. The first kappa shape index (κ1) is 27.7. The fourth-order valence-corrected chi connectivity index (χ4v) is 6.25. The molecule has 5 heteroatoms. The average Bonchev–Trinajstić information content (AvgIpc) is 3.17. The van der Waals surface area contributed by atoms with Crippen LogP contribution in [0.2, 0.25) is 0 Å². The van der Waals surface area contributed by atoms with Crippen LogP contribution in [-0.2, 0) is 0 Å². The van der Waals surface area contributed by atoms with Gasteiger partial charge in [-0.25, -0.2) is 19.9 Å². The van der Waals surface area contributed by atoms with Crippen molar-refractivity contribution < 1.29 is 0 Å². The monoisotopic (exact) mass is 613 g/mol. The molecule has 0 aliphatic heterocycles. The molecule has 9 rings (SSSR count). The van der Waals surface area contributed by atoms with Gasteiger partial charge >= 0.3 is 0 Å². The Labute approximate surface area is 277 Å². The molecule has 0 amide bonds. The van der Waals surface area contributed by atoms with Crippen LogP contribution < -0.4 is 0 Å². The van der Waals surface area contributed by atoms with Crippen molar-refractivity contribution in [3.63, 3.8) is 0 Å². The second kappa shape index (κ2) is 11.6. The zero-order valence-electron chi connectivity index (χ0n) is 25.8. The van der Waals surface area contributed by atoms with E-state index >= 15 is 0 Å². The number of hydrogen-bond acceptors (Lipinski definition) is 5. The Morgan fingerprint density at radius 2 is 0.792 bits per heavy atom. The van der Waals surface area contributed by atoms with Gasteiger partial charge in [-0.05, 0) is 47.0 Å². The topological polar surface area (TPSA) is 64.5 Å². The summed E-state index contributed by atoms with van der Waals surface area (Å²) in [7, 11) is 0. The Morgan fingerprint density at radius 1 is 0.292 bits per heavy atom. The Morgan fingerprint density at radius 3 is 1.46 bits per heavy atom. The zero-order chi connectivity index (χ0) is 31.9. The van der Waals surface area contributed by atoms with Crippen LogP contribution >= 0.6 is 0 Å². The van der Waals surface area contributed by atoms with Gasteiger partial charge < -0.3 is 0 Å². The molecule has 0 aliphatic carbocycles. The molecule has 0 atom stereocenters. The van der Waals surface area contributed by atoms with Crippen molar-refractivity contribution >= 4 is 32.7 Å². The van der Waals surface area contributed by atoms with Gasteiger partial charge in [-0.2, -0.15) is 0 Å². The van der Waals surface area contributed by atoms with E-state index in [1.807, 2.05) is 85.1 Å². The van der Waals surface area contributed by atoms with E-state index in [0.29, 0.717) is 17.5 Å². The van der Waals surface area contributed by atoms with E-state index in [0.717, 1.165) is 71.7 Å². The van der Waals surface area contributed by atoms with Crippen molar-refractivity contribution in [3.05, 3.63) is 164 Å². The van der Waals surface area contributed by atoms with Gasteiger partial charge in [0.1, 0.15) is 0 Å². The Kier molecular flexibility index (Phi) is 6.72. The maximum Gasteiger partial charge on any atom is 0.164 e. The highest BCUT2D eigenvalue weighted by Gasteiger charge is 2.14. The number of aromatic nitrogens is 5. The minimum atomic E-state index is 0.632. The van der Waals surface area contributed by atoms with E-state index in [9.17, 15) is 0 Å². The number of nitrogens with zero attached hydrogens (tertiary/aromatic N) is 5. The molecule has 48 heavy (non-hydrogen) atoms. The van der Waals surface area contributed by atoms with Crippen LogP contribution in [-0.4, -0.2) is 24.9 Å². The maximum atomic E-state index is 4.96. The van der Waals surface area contributed by atoms with Crippen molar-refractivity contribution in [1.29, 1.82) is 0 Å². The summed E-state index contributed by atoms with van der Waals surface area (Å²) in [5, 5.41) is 3.28. The van der Waals surface area contributed by atoms with Gasteiger partial charge in [0.05, 0.1) is 16.6 Å². The van der Waals surface area contributed by atoms with Crippen LogP contribution in [0, 0.1) is 0 Å². The van der Waals surface area contributed by atoms with Crippen LogP contribution in [0.1, 0.15) is 0 Å². The summed E-state index contributed by atoms with van der Waals surface area (Å²) in [4.78, 5) is 24.6. The first-order valence-corrected chi connectivity index (χ1v) is 15.9. The molecule has 0 spiro atoms. The van der Waals surface area contributed by atoms with Gasteiger partial charge in [-0.3, -0.25) is 4.98 Å². The molecular weight excluding hydrogens is 587 g/mol. The molecule has 3 heterocycles. The highest BCUT2D eigenvalue weighted by atomic mass is 15.0. The van der Waals surface area contributed by atoms with E-state index in [4.69, 9.17) is 24.9 Å². The summed E-state index contributed by atoms with van der Waals surface area (Å²) in [5.74, 6) is 1.92. The van der Waals surface area contributed by atoms with Gasteiger partial charge in [0, 0.05) is 44.6 Å². The van der Waals surface area contributed by atoms with Gasteiger partial charge in [-0.1, -0.05) is 127 Å². The lowest BCUT2D eigenvalue weighted by Gasteiger charge is -2.11. The summed E-state index contributed by atoms with van der Waals surface area (Å²) in [6, 6.07) is 54.0. The average molecular weight is 614 g/mol. The predicted octanol–water partition coefficient (Wildman–Crippen LogP) is 10.5. The maximum absolute atomic E-state index is 4.96. The minimum absolute atomic E-state index is 0.632. The van der Waals surface area contributed by atoms with E-state index in [1.165, 1.54) is 0 Å². The molecule has 0 unspecified atom stereocenters. The molecule has 0 N–H and O–H groups in total. The Bertz CT molecular complexity index is 2560. The third kappa shape index (κ3) is 5.13. The molecule has 0 radical (unpaired) electrons. The van der Waals surface area contributed by atoms with Gasteiger partial charge in [-0.15, -0.1) is 0 Å².